The van der Waals surface area contributed by atoms with Gasteiger partial charge in [-0.1, -0.05) is 30.3 Å². The zero-order chi connectivity index (χ0) is 26.0. The number of nitrogens with zero attached hydrogens (tertiary/aromatic N) is 3. The second kappa shape index (κ2) is 9.82. The predicted octanol–water partition coefficient (Wildman–Crippen LogP) is 3.41. The molecule has 11 heteroatoms. The number of carbonyl (C=O) groups excluding carboxylic acids is 1. The number of hydrogen-bond acceptors (Lipinski definition) is 8. The van der Waals surface area contributed by atoms with Crippen molar-refractivity contribution in [3.63, 3.8) is 0 Å². The van der Waals surface area contributed by atoms with Gasteiger partial charge in [0.1, 0.15) is 18.1 Å². The van der Waals surface area contributed by atoms with Crippen LogP contribution in [-0.4, -0.2) is 27.6 Å². The Labute approximate surface area is 203 Å². The number of hydrogen-bond donors (Lipinski definition) is 2. The summed E-state index contributed by atoms with van der Waals surface area (Å²) in [7, 11) is 1.18. The zero-order valence-electron chi connectivity index (χ0n) is 19.3. The van der Waals surface area contributed by atoms with Gasteiger partial charge in [0, 0.05) is 17.3 Å². The quantitative estimate of drug-likeness (QED) is 0.390. The first-order chi connectivity index (χ1) is 17.2. The lowest BCUT2D eigenvalue weighted by Crippen LogP contribution is -2.22. The second-order valence-electron chi connectivity index (χ2n) is 7.71. The van der Waals surface area contributed by atoms with E-state index in [1.807, 2.05) is 6.07 Å². The molecule has 0 aliphatic rings. The summed E-state index contributed by atoms with van der Waals surface area (Å²) in [4.78, 5) is 32.7. The molecule has 2 heterocycles. The van der Waals surface area contributed by atoms with E-state index in [2.05, 4.69) is 9.97 Å². The summed E-state index contributed by atoms with van der Waals surface area (Å²) in [5, 5.41) is 0. The molecule has 36 heavy (non-hydrogen) atoms. The summed E-state index contributed by atoms with van der Waals surface area (Å²) < 4.78 is 42.2. The number of esters is 1. The van der Waals surface area contributed by atoms with Crippen molar-refractivity contribution in [1.82, 2.24) is 14.5 Å². The fourth-order valence-electron chi connectivity index (χ4n) is 3.55. The van der Waals surface area contributed by atoms with Crippen molar-refractivity contribution in [2.45, 2.75) is 13.5 Å². The van der Waals surface area contributed by atoms with Gasteiger partial charge in [-0.25, -0.2) is 23.4 Å². The molecule has 4 rings (SSSR count). The summed E-state index contributed by atoms with van der Waals surface area (Å²) in [5.41, 5.74) is 9.93. The van der Waals surface area contributed by atoms with E-state index in [1.165, 1.54) is 38.4 Å². The molecule has 0 atom stereocenters. The van der Waals surface area contributed by atoms with E-state index in [0.29, 0.717) is 0 Å². The number of ether oxygens (including phenoxy) is 2. The number of nitrogen functional groups attached to an aromatic ring is 2. The molecule has 184 valence electrons. The van der Waals surface area contributed by atoms with Crippen LogP contribution in [0.2, 0.25) is 0 Å². The molecule has 0 fully saturated rings. The Morgan fingerprint density at radius 3 is 2.42 bits per heavy atom. The van der Waals surface area contributed by atoms with Crippen LogP contribution < -0.4 is 21.9 Å². The number of aromatic nitrogens is 3. The maximum absolute atomic E-state index is 15.6. The summed E-state index contributed by atoms with van der Waals surface area (Å²) in [6.45, 7) is 1.36. The third kappa shape index (κ3) is 4.45. The number of benzene rings is 2. The van der Waals surface area contributed by atoms with Gasteiger partial charge in [-0.3, -0.25) is 4.57 Å². The minimum atomic E-state index is -1.03. The average Bonchev–Trinajstić information content (AvgIpc) is 2.87. The Morgan fingerprint density at radius 2 is 1.75 bits per heavy atom. The summed E-state index contributed by atoms with van der Waals surface area (Å²) in [5.74, 6) is -3.30. The van der Waals surface area contributed by atoms with Gasteiger partial charge in [0.25, 0.3) is 0 Å². The van der Waals surface area contributed by atoms with Gasteiger partial charge in [-0.05, 0) is 30.7 Å². The Kier molecular flexibility index (Phi) is 6.64. The first kappa shape index (κ1) is 24.3. The molecule has 2 aromatic heterocycles. The topological polar surface area (TPSA) is 135 Å². The lowest BCUT2D eigenvalue weighted by Gasteiger charge is -2.16. The monoisotopic (exact) mass is 493 g/mol. The van der Waals surface area contributed by atoms with Crippen molar-refractivity contribution in [2.24, 2.45) is 0 Å². The van der Waals surface area contributed by atoms with E-state index >= 15 is 8.78 Å². The molecule has 2 aromatic carbocycles. The molecule has 0 aliphatic heterocycles. The van der Waals surface area contributed by atoms with E-state index in [4.69, 9.17) is 20.9 Å². The molecule has 0 saturated carbocycles. The van der Waals surface area contributed by atoms with Crippen molar-refractivity contribution in [2.75, 3.05) is 18.6 Å². The fourth-order valence-corrected chi connectivity index (χ4v) is 3.55. The first-order valence-corrected chi connectivity index (χ1v) is 10.6. The Balaban J connectivity index is 1.78. The van der Waals surface area contributed by atoms with Gasteiger partial charge in [0.2, 0.25) is 0 Å². The van der Waals surface area contributed by atoms with E-state index < -0.39 is 29.0 Å². The van der Waals surface area contributed by atoms with Gasteiger partial charge < -0.3 is 20.9 Å². The van der Waals surface area contributed by atoms with E-state index in [-0.39, 0.29) is 46.4 Å². The predicted molar refractivity (Wildman–Crippen MR) is 129 cm³/mol. The molecule has 4 aromatic rings. The van der Waals surface area contributed by atoms with Crippen LogP contribution in [0.4, 0.5) is 20.3 Å². The van der Waals surface area contributed by atoms with Gasteiger partial charge in [-0.2, -0.15) is 4.98 Å². The third-order valence-corrected chi connectivity index (χ3v) is 5.45. The molecule has 9 nitrogen and oxygen atoms in total. The van der Waals surface area contributed by atoms with E-state index in [9.17, 15) is 9.59 Å². The Morgan fingerprint density at radius 1 is 1.03 bits per heavy atom. The first-order valence-electron chi connectivity index (χ1n) is 10.6. The van der Waals surface area contributed by atoms with Gasteiger partial charge in [0.05, 0.1) is 18.5 Å². The lowest BCUT2D eigenvalue weighted by atomic mass is 10.0. The molecule has 0 saturated heterocycles. The van der Waals surface area contributed by atoms with Gasteiger partial charge in [-0.15, -0.1) is 0 Å². The van der Waals surface area contributed by atoms with Crippen molar-refractivity contribution in [3.05, 3.63) is 93.7 Å². The highest BCUT2D eigenvalue weighted by Gasteiger charge is 2.26. The van der Waals surface area contributed by atoms with Crippen molar-refractivity contribution < 1.29 is 23.0 Å². The Bertz CT molecular complexity index is 1520. The second-order valence-corrected chi connectivity index (χ2v) is 7.71. The molecular weight excluding hydrogens is 472 g/mol. The third-order valence-electron chi connectivity index (χ3n) is 5.45. The fraction of sp³-hybridized carbons (Fsp3) is 0.120. The molecule has 0 aliphatic carbocycles. The van der Waals surface area contributed by atoms with Crippen LogP contribution in [0.1, 0.15) is 21.6 Å². The maximum atomic E-state index is 15.6. The van der Waals surface area contributed by atoms with Gasteiger partial charge in [0.15, 0.2) is 23.1 Å². The number of pyridine rings is 1. The summed E-state index contributed by atoms with van der Waals surface area (Å²) in [6.07, 6.45) is 1.30. The molecule has 0 spiro atoms. The standard InChI is InChI=1S/C25H21F2N5O4/c1-13-20(29)19(27)22(31-21(13)24(33)36-12-14-6-4-3-5-7-14)15-8-9-16(23(35-2)18(15)26)32-11-10-17(28)30-25(32)34/h3-11H,12H2,1-2H3,(H2,29,31)(H2,28,30,34). The van der Waals surface area contributed by atoms with E-state index in [1.54, 1.807) is 24.3 Å². The number of methoxy groups -OCH3 is 1. The van der Waals surface area contributed by atoms with Crippen molar-refractivity contribution in [3.8, 4) is 22.7 Å². The number of halogens is 2. The molecule has 0 radical (unpaired) electrons. The zero-order valence-corrected chi connectivity index (χ0v) is 19.3. The highest BCUT2D eigenvalue weighted by atomic mass is 19.1. The Hall–Kier alpha value is -4.80. The molecule has 0 amide bonds. The number of rotatable bonds is 6. The van der Waals surface area contributed by atoms with Crippen molar-refractivity contribution >= 4 is 17.5 Å². The van der Waals surface area contributed by atoms with Crippen LogP contribution in [0.25, 0.3) is 16.9 Å². The van der Waals surface area contributed by atoms with Crippen LogP contribution >= 0.6 is 0 Å². The minimum Gasteiger partial charge on any atom is -0.492 e. The lowest BCUT2D eigenvalue weighted by molar-refractivity contribution is 0.0465. The summed E-state index contributed by atoms with van der Waals surface area (Å²) >= 11 is 0. The molecule has 0 unspecified atom stereocenters. The van der Waals surface area contributed by atoms with Crippen LogP contribution in [0.3, 0.4) is 0 Å². The molecule has 0 bridgehead atoms. The molecular formula is C25H21F2N5O4. The maximum Gasteiger partial charge on any atom is 0.357 e. The van der Waals surface area contributed by atoms with Crippen molar-refractivity contribution in [1.29, 1.82) is 0 Å². The van der Waals surface area contributed by atoms with Crippen LogP contribution in [0, 0.1) is 18.6 Å². The highest BCUT2D eigenvalue weighted by molar-refractivity contribution is 5.92. The minimum absolute atomic E-state index is 0.000707. The van der Waals surface area contributed by atoms with E-state index in [0.717, 1.165) is 10.1 Å². The van der Waals surface area contributed by atoms with Crippen LogP contribution in [-0.2, 0) is 11.3 Å². The number of nitrogens with two attached hydrogens (primary N) is 2. The molecule has 4 N–H and O–H groups in total. The average molecular weight is 493 g/mol. The largest absolute Gasteiger partial charge is 0.492 e. The summed E-state index contributed by atoms with van der Waals surface area (Å²) in [6, 6.07) is 12.8. The SMILES string of the molecule is COc1c(-n2ccc(N)nc2=O)ccc(-c2nc(C(=O)OCc3ccccc3)c(C)c(N)c2F)c1F. The number of carbonyl (C=O) groups is 1. The van der Waals surface area contributed by atoms with Crippen LogP contribution in [0.15, 0.2) is 59.5 Å². The number of anilines is 2. The van der Waals surface area contributed by atoms with Crippen LogP contribution in [0.5, 0.6) is 5.75 Å². The normalized spacial score (nSPS) is 10.8. The smallest absolute Gasteiger partial charge is 0.357 e. The van der Waals surface area contributed by atoms with Gasteiger partial charge >= 0.3 is 11.7 Å². The highest BCUT2D eigenvalue weighted by Crippen LogP contribution is 2.36.